The van der Waals surface area contributed by atoms with E-state index in [0.717, 1.165) is 5.56 Å². The Balaban J connectivity index is 1.49. The molecule has 0 aliphatic carbocycles. The van der Waals surface area contributed by atoms with E-state index in [4.69, 9.17) is 9.47 Å². The molecule has 0 spiro atoms. The molecule has 0 saturated carbocycles. The van der Waals surface area contributed by atoms with Gasteiger partial charge in [0.1, 0.15) is 0 Å². The van der Waals surface area contributed by atoms with Gasteiger partial charge in [-0.05, 0) is 54.4 Å². The summed E-state index contributed by atoms with van der Waals surface area (Å²) in [6.45, 7) is 2.20. The van der Waals surface area contributed by atoms with Crippen molar-refractivity contribution in [2.24, 2.45) is 0 Å². The molecule has 0 radical (unpaired) electrons. The van der Waals surface area contributed by atoms with Crippen LogP contribution in [0.1, 0.15) is 21.5 Å². The number of fused-ring (bicyclic) bond motifs is 1. The molecule has 0 saturated heterocycles. The third-order valence-electron chi connectivity index (χ3n) is 4.77. The van der Waals surface area contributed by atoms with Crippen molar-refractivity contribution >= 4 is 21.6 Å². The lowest BCUT2D eigenvalue weighted by Gasteiger charge is -2.14. The van der Waals surface area contributed by atoms with Crippen LogP contribution in [-0.4, -0.2) is 21.1 Å². The molecule has 3 aromatic carbocycles. The zero-order valence-electron chi connectivity index (χ0n) is 16.2. The number of hydrogen-bond acceptors (Lipinski definition) is 5. The highest BCUT2D eigenvalue weighted by atomic mass is 32.2. The fourth-order valence-corrected chi connectivity index (χ4v) is 4.27. The van der Waals surface area contributed by atoms with Crippen molar-refractivity contribution in [1.29, 1.82) is 0 Å². The fraction of sp³-hybridized carbons (Fsp3) is 0.136. The van der Waals surface area contributed by atoms with Crippen LogP contribution in [0.4, 0.5) is 5.69 Å². The largest absolute Gasteiger partial charge is 0.454 e. The van der Waals surface area contributed by atoms with Crippen LogP contribution in [0.15, 0.2) is 71.6 Å². The topological polar surface area (TPSA) is 93.7 Å². The Morgan fingerprint density at radius 2 is 1.73 bits per heavy atom. The van der Waals surface area contributed by atoms with Gasteiger partial charge in [-0.25, -0.2) is 8.42 Å². The van der Waals surface area contributed by atoms with Gasteiger partial charge in [0.05, 0.1) is 10.6 Å². The Labute approximate surface area is 174 Å². The second-order valence-corrected chi connectivity index (χ2v) is 8.45. The molecule has 7 nitrogen and oxygen atoms in total. The zero-order chi connectivity index (χ0) is 21.1. The average Bonchev–Trinajstić information content (AvgIpc) is 3.22. The number of anilines is 1. The summed E-state index contributed by atoms with van der Waals surface area (Å²) in [5.41, 5.74) is 2.16. The Kier molecular flexibility index (Phi) is 5.33. The molecule has 2 N–H and O–H groups in total. The Bertz CT molecular complexity index is 1190. The number of carbonyl (C=O) groups excluding carboxylic acids is 1. The Morgan fingerprint density at radius 1 is 0.967 bits per heavy atom. The van der Waals surface area contributed by atoms with Gasteiger partial charge in [0.25, 0.3) is 15.9 Å². The minimum absolute atomic E-state index is 0.155. The summed E-state index contributed by atoms with van der Waals surface area (Å²) in [6, 6.07) is 18.5. The third kappa shape index (κ3) is 4.08. The smallest absolute Gasteiger partial charge is 0.261 e. The van der Waals surface area contributed by atoms with Gasteiger partial charge in [0, 0.05) is 12.1 Å². The number of carbonyl (C=O) groups is 1. The van der Waals surface area contributed by atoms with Crippen molar-refractivity contribution in [3.05, 3.63) is 83.4 Å². The number of ether oxygens (including phenoxy) is 2. The molecule has 4 rings (SSSR count). The third-order valence-corrected chi connectivity index (χ3v) is 6.15. The lowest BCUT2D eigenvalue weighted by atomic mass is 10.1. The monoisotopic (exact) mass is 424 g/mol. The molecule has 1 aliphatic rings. The van der Waals surface area contributed by atoms with E-state index in [1.807, 2.05) is 12.1 Å². The Morgan fingerprint density at radius 3 is 2.53 bits per heavy atom. The second-order valence-electron chi connectivity index (χ2n) is 6.77. The molecule has 1 heterocycles. The normalized spacial score (nSPS) is 12.4. The number of benzene rings is 3. The molecule has 0 fully saturated rings. The van der Waals surface area contributed by atoms with Crippen LogP contribution in [0, 0.1) is 6.92 Å². The van der Waals surface area contributed by atoms with Crippen molar-refractivity contribution in [3.63, 3.8) is 0 Å². The molecule has 0 atom stereocenters. The summed E-state index contributed by atoms with van der Waals surface area (Å²) < 4.78 is 38.4. The van der Waals surface area contributed by atoms with E-state index >= 15 is 0 Å². The predicted octanol–water partition coefficient (Wildman–Crippen LogP) is 3.45. The molecule has 1 aliphatic heterocycles. The number of amides is 1. The van der Waals surface area contributed by atoms with Crippen LogP contribution >= 0.6 is 0 Å². The number of sulfonamides is 1. The quantitative estimate of drug-likeness (QED) is 0.632. The van der Waals surface area contributed by atoms with Gasteiger partial charge in [-0.2, -0.15) is 0 Å². The predicted molar refractivity (Wildman–Crippen MR) is 112 cm³/mol. The van der Waals surface area contributed by atoms with Crippen molar-refractivity contribution in [3.8, 4) is 11.5 Å². The van der Waals surface area contributed by atoms with Gasteiger partial charge in [0.2, 0.25) is 6.79 Å². The summed E-state index contributed by atoms with van der Waals surface area (Å²) in [5.74, 6) is 1.03. The highest BCUT2D eigenvalue weighted by Gasteiger charge is 2.18. The van der Waals surface area contributed by atoms with Gasteiger partial charge in [-0.1, -0.05) is 30.3 Å². The van der Waals surface area contributed by atoms with E-state index < -0.39 is 10.0 Å². The van der Waals surface area contributed by atoms with E-state index in [9.17, 15) is 13.2 Å². The number of nitrogens with one attached hydrogen (secondary N) is 2. The van der Waals surface area contributed by atoms with E-state index in [1.54, 1.807) is 49.4 Å². The maximum absolute atomic E-state index is 12.7. The molecule has 3 aromatic rings. The van der Waals surface area contributed by atoms with Crippen LogP contribution in [0.5, 0.6) is 11.5 Å². The standard InChI is InChI=1S/C22H20N2O5S/c1-15-18(22(25)23-13-16-10-11-20-21(12-16)29-14-28-20)8-5-9-19(15)24-30(26,27)17-6-3-2-4-7-17/h2-12,24H,13-14H2,1H3,(H,23,25). The fourth-order valence-electron chi connectivity index (χ4n) is 3.12. The van der Waals surface area contributed by atoms with Crippen molar-refractivity contribution in [2.45, 2.75) is 18.4 Å². The summed E-state index contributed by atoms with van der Waals surface area (Å²) in [6.07, 6.45) is 0. The molecule has 8 heteroatoms. The SMILES string of the molecule is Cc1c(NS(=O)(=O)c2ccccc2)cccc1C(=O)NCc1ccc2c(c1)OCO2. The first-order valence-electron chi connectivity index (χ1n) is 9.28. The van der Waals surface area contributed by atoms with E-state index in [1.165, 1.54) is 12.1 Å². The lowest BCUT2D eigenvalue weighted by molar-refractivity contribution is 0.0950. The molecule has 1 amide bonds. The van der Waals surface area contributed by atoms with E-state index in [2.05, 4.69) is 10.0 Å². The first kappa shape index (κ1) is 19.8. The van der Waals surface area contributed by atoms with Crippen LogP contribution < -0.4 is 19.5 Å². The summed E-state index contributed by atoms with van der Waals surface area (Å²) in [7, 11) is -3.75. The van der Waals surface area contributed by atoms with E-state index in [0.29, 0.717) is 34.9 Å². The van der Waals surface area contributed by atoms with Crippen LogP contribution in [-0.2, 0) is 16.6 Å². The summed E-state index contributed by atoms with van der Waals surface area (Å²) in [5, 5.41) is 2.86. The zero-order valence-corrected chi connectivity index (χ0v) is 17.0. The number of rotatable bonds is 6. The highest BCUT2D eigenvalue weighted by Crippen LogP contribution is 2.32. The van der Waals surface area contributed by atoms with Crippen LogP contribution in [0.2, 0.25) is 0 Å². The van der Waals surface area contributed by atoms with Crippen LogP contribution in [0.3, 0.4) is 0 Å². The highest BCUT2D eigenvalue weighted by molar-refractivity contribution is 7.92. The molecule has 30 heavy (non-hydrogen) atoms. The van der Waals surface area contributed by atoms with Gasteiger partial charge in [-0.3, -0.25) is 9.52 Å². The maximum Gasteiger partial charge on any atom is 0.261 e. The van der Waals surface area contributed by atoms with Crippen molar-refractivity contribution < 1.29 is 22.7 Å². The first-order valence-corrected chi connectivity index (χ1v) is 10.8. The van der Waals surface area contributed by atoms with Crippen molar-refractivity contribution in [1.82, 2.24) is 5.32 Å². The van der Waals surface area contributed by atoms with Crippen molar-refractivity contribution in [2.75, 3.05) is 11.5 Å². The Hall–Kier alpha value is -3.52. The summed E-state index contributed by atoms with van der Waals surface area (Å²) in [4.78, 5) is 12.9. The molecular formula is C22H20N2O5S. The van der Waals surface area contributed by atoms with Gasteiger partial charge >= 0.3 is 0 Å². The van der Waals surface area contributed by atoms with E-state index in [-0.39, 0.29) is 17.6 Å². The molecule has 0 bridgehead atoms. The summed E-state index contributed by atoms with van der Waals surface area (Å²) >= 11 is 0. The first-order chi connectivity index (χ1) is 14.4. The molecular weight excluding hydrogens is 404 g/mol. The number of hydrogen-bond donors (Lipinski definition) is 2. The molecule has 0 aromatic heterocycles. The molecule has 0 unspecified atom stereocenters. The van der Waals surface area contributed by atoms with Gasteiger partial charge in [0.15, 0.2) is 11.5 Å². The lowest BCUT2D eigenvalue weighted by Crippen LogP contribution is -2.24. The maximum atomic E-state index is 12.7. The molecule has 154 valence electrons. The average molecular weight is 424 g/mol. The van der Waals surface area contributed by atoms with Crippen LogP contribution in [0.25, 0.3) is 0 Å². The minimum Gasteiger partial charge on any atom is -0.454 e. The second kappa shape index (κ2) is 8.08. The minimum atomic E-state index is -3.75. The van der Waals surface area contributed by atoms with Gasteiger partial charge in [-0.15, -0.1) is 0 Å². The van der Waals surface area contributed by atoms with Gasteiger partial charge < -0.3 is 14.8 Å².